The molecule has 0 aliphatic rings. The molecule has 0 amide bonds. The zero-order valence-electron chi connectivity index (χ0n) is 4.55. The second kappa shape index (κ2) is 4.56. The molecule has 0 N–H and O–H groups in total. The van der Waals surface area contributed by atoms with E-state index in [1.54, 1.807) is 0 Å². The summed E-state index contributed by atoms with van der Waals surface area (Å²) in [6.45, 7) is 4.57. The molecule has 0 aromatic carbocycles. The number of nitrogens with zero attached hydrogens (tertiary/aromatic N) is 1. The van der Waals surface area contributed by atoms with E-state index in [0.717, 1.165) is 0 Å². The van der Waals surface area contributed by atoms with Gasteiger partial charge >= 0.3 is 29.6 Å². The molecular formula is C3H6NNaO2. The van der Waals surface area contributed by atoms with Gasteiger partial charge in [-0.2, -0.15) is 0 Å². The molecule has 0 radical (unpaired) electrons. The smallest absolute Gasteiger partial charge is 0.270 e. The third-order valence-corrected chi connectivity index (χ3v) is 0.360. The minimum Gasteiger partial charge on any atom is -0.270 e. The third kappa shape index (κ3) is 6.40. The molecule has 0 bridgehead atoms. The number of rotatable bonds is 1. The van der Waals surface area contributed by atoms with Crippen molar-refractivity contribution in [3.63, 3.8) is 0 Å². The van der Waals surface area contributed by atoms with Crippen molar-refractivity contribution in [3.05, 3.63) is 17.0 Å². The summed E-state index contributed by atoms with van der Waals surface area (Å²) < 4.78 is 0. The molecule has 0 aromatic heterocycles. The number of hydrogen-bond donors (Lipinski definition) is 0. The summed E-state index contributed by atoms with van der Waals surface area (Å²) in [6, 6.07) is -0.676. The van der Waals surface area contributed by atoms with Crippen LogP contribution in [0.1, 0.15) is 6.92 Å². The molecular weight excluding hydrogens is 105 g/mol. The second-order valence-electron chi connectivity index (χ2n) is 1.13. The predicted octanol–water partition coefficient (Wildman–Crippen LogP) is -2.51. The molecule has 0 aliphatic carbocycles. The van der Waals surface area contributed by atoms with Crippen LogP contribution in [0.25, 0.3) is 0 Å². The minimum atomic E-state index is -0.676. The maximum atomic E-state index is 9.44. The van der Waals surface area contributed by atoms with Crippen molar-refractivity contribution >= 4 is 0 Å². The Morgan fingerprint density at radius 3 is 2.00 bits per heavy atom. The fourth-order valence-electron chi connectivity index (χ4n) is 0. The summed E-state index contributed by atoms with van der Waals surface area (Å²) in [7, 11) is 0. The maximum absolute atomic E-state index is 9.44. The van der Waals surface area contributed by atoms with Gasteiger partial charge in [0.2, 0.25) is 0 Å². The van der Waals surface area contributed by atoms with Gasteiger partial charge in [0.25, 0.3) is 0 Å². The van der Waals surface area contributed by atoms with Crippen LogP contribution in [0.4, 0.5) is 0 Å². The molecule has 36 valence electrons. The second-order valence-corrected chi connectivity index (χ2v) is 1.13. The van der Waals surface area contributed by atoms with E-state index in [4.69, 9.17) is 0 Å². The summed E-state index contributed by atoms with van der Waals surface area (Å²) in [5, 5.41) is 9.44. The SMILES string of the molecule is [CH2-]C(C)[N+](=O)[O-].[Na+]. The van der Waals surface area contributed by atoms with Crippen LogP contribution in [-0.2, 0) is 0 Å². The summed E-state index contributed by atoms with van der Waals surface area (Å²) in [5.74, 6) is 0. The Hall–Kier alpha value is 0.400. The fraction of sp³-hybridized carbons (Fsp3) is 0.667. The summed E-state index contributed by atoms with van der Waals surface area (Å²) in [6.07, 6.45) is 0. The van der Waals surface area contributed by atoms with Crippen LogP contribution in [-0.4, -0.2) is 11.0 Å². The van der Waals surface area contributed by atoms with Gasteiger partial charge in [-0.1, -0.05) is 0 Å². The monoisotopic (exact) mass is 111 g/mol. The van der Waals surface area contributed by atoms with E-state index in [0.29, 0.717) is 0 Å². The molecule has 0 aromatic rings. The van der Waals surface area contributed by atoms with E-state index in [-0.39, 0.29) is 29.6 Å². The van der Waals surface area contributed by atoms with Crippen molar-refractivity contribution in [3.8, 4) is 0 Å². The molecule has 0 rings (SSSR count). The van der Waals surface area contributed by atoms with E-state index in [1.165, 1.54) is 6.92 Å². The Kier molecular flexibility index (Phi) is 6.77. The van der Waals surface area contributed by atoms with Crippen molar-refractivity contribution < 1.29 is 34.5 Å². The molecule has 0 aliphatic heterocycles. The van der Waals surface area contributed by atoms with E-state index >= 15 is 0 Å². The maximum Gasteiger partial charge on any atom is 1.00 e. The van der Waals surface area contributed by atoms with Gasteiger partial charge in [0.05, 0.1) is 6.04 Å². The van der Waals surface area contributed by atoms with E-state index < -0.39 is 11.0 Å². The Bertz CT molecular complexity index is 64.0. The normalized spacial score (nSPS) is 11.7. The fourth-order valence-corrected chi connectivity index (χ4v) is 0. The van der Waals surface area contributed by atoms with Crippen LogP contribution in [0.15, 0.2) is 0 Å². The standard InChI is InChI=1S/C3H6NO2.Na/c1-3(2)4(5)6;/h3H,1H2,2H3;/q-1;+1. The zero-order valence-corrected chi connectivity index (χ0v) is 6.55. The van der Waals surface area contributed by atoms with Crippen LogP contribution in [0.5, 0.6) is 0 Å². The molecule has 1 unspecified atom stereocenters. The topological polar surface area (TPSA) is 43.1 Å². The molecule has 1 atom stereocenters. The summed E-state index contributed by atoms with van der Waals surface area (Å²) in [4.78, 5) is 9.00. The third-order valence-electron chi connectivity index (χ3n) is 0.360. The van der Waals surface area contributed by atoms with Crippen LogP contribution < -0.4 is 29.6 Å². The molecule has 4 heteroatoms. The van der Waals surface area contributed by atoms with Gasteiger partial charge < -0.3 is 0 Å². The molecule has 3 nitrogen and oxygen atoms in total. The molecule has 7 heavy (non-hydrogen) atoms. The average Bonchev–Trinajstić information content (AvgIpc) is 1.36. The number of nitro groups is 1. The quantitative estimate of drug-likeness (QED) is 0.162. The van der Waals surface area contributed by atoms with Crippen molar-refractivity contribution in [1.82, 2.24) is 0 Å². The molecule has 0 saturated carbocycles. The minimum absolute atomic E-state index is 0. The predicted molar refractivity (Wildman–Crippen MR) is 21.8 cm³/mol. The Morgan fingerprint density at radius 1 is 1.86 bits per heavy atom. The Morgan fingerprint density at radius 2 is 2.00 bits per heavy atom. The van der Waals surface area contributed by atoms with Crippen molar-refractivity contribution in [2.24, 2.45) is 0 Å². The van der Waals surface area contributed by atoms with Gasteiger partial charge in [0.1, 0.15) is 0 Å². The summed E-state index contributed by atoms with van der Waals surface area (Å²) >= 11 is 0. The van der Waals surface area contributed by atoms with Gasteiger partial charge in [0, 0.05) is 0 Å². The number of hydrogen-bond acceptors (Lipinski definition) is 2. The molecule has 0 heterocycles. The molecule has 0 fully saturated rings. The van der Waals surface area contributed by atoms with Crippen LogP contribution in [0.3, 0.4) is 0 Å². The first kappa shape index (κ1) is 10.4. The van der Waals surface area contributed by atoms with Crippen LogP contribution in [0, 0.1) is 17.0 Å². The van der Waals surface area contributed by atoms with Crippen molar-refractivity contribution in [2.45, 2.75) is 13.0 Å². The Balaban J connectivity index is 0. The van der Waals surface area contributed by atoms with E-state index in [9.17, 15) is 10.1 Å². The van der Waals surface area contributed by atoms with Gasteiger partial charge in [-0.15, -0.1) is 0 Å². The largest absolute Gasteiger partial charge is 1.00 e. The van der Waals surface area contributed by atoms with Crippen molar-refractivity contribution in [1.29, 1.82) is 0 Å². The Labute approximate surface area is 64.5 Å². The van der Waals surface area contributed by atoms with Gasteiger partial charge in [0.15, 0.2) is 0 Å². The molecule has 0 saturated heterocycles. The molecule has 0 spiro atoms. The van der Waals surface area contributed by atoms with E-state index in [2.05, 4.69) is 6.92 Å². The van der Waals surface area contributed by atoms with E-state index in [1.807, 2.05) is 0 Å². The van der Waals surface area contributed by atoms with Gasteiger partial charge in [-0.05, 0) is 11.8 Å². The average molecular weight is 111 g/mol. The summed E-state index contributed by atoms with van der Waals surface area (Å²) in [5.41, 5.74) is 0. The van der Waals surface area contributed by atoms with Gasteiger partial charge in [-0.25, -0.2) is 0 Å². The first-order valence-electron chi connectivity index (χ1n) is 1.61. The first-order valence-corrected chi connectivity index (χ1v) is 1.61. The van der Waals surface area contributed by atoms with Gasteiger partial charge in [-0.3, -0.25) is 17.0 Å². The van der Waals surface area contributed by atoms with Crippen molar-refractivity contribution in [2.75, 3.05) is 0 Å². The first-order chi connectivity index (χ1) is 2.64. The zero-order chi connectivity index (χ0) is 5.15. The van der Waals surface area contributed by atoms with Crippen LogP contribution in [0.2, 0.25) is 0 Å². The van der Waals surface area contributed by atoms with Crippen LogP contribution >= 0.6 is 0 Å².